The lowest BCUT2D eigenvalue weighted by Gasteiger charge is -2.26. The maximum absolute atomic E-state index is 14.6. The minimum Gasteiger partial charge on any atom is -0.379 e. The number of hydrogen-bond donors (Lipinski definition) is 1. The Morgan fingerprint density at radius 2 is 1.76 bits per heavy atom. The summed E-state index contributed by atoms with van der Waals surface area (Å²) in [6.07, 6.45) is 0.800. The summed E-state index contributed by atoms with van der Waals surface area (Å²) in [5, 5.41) is 2.94. The molecular formula is C28H28FN3O4S. The molecule has 2 amide bonds. The van der Waals surface area contributed by atoms with Crippen molar-refractivity contribution in [3.63, 3.8) is 0 Å². The molecule has 1 fully saturated rings. The molecule has 7 nitrogen and oxygen atoms in total. The molecule has 0 unspecified atom stereocenters. The van der Waals surface area contributed by atoms with Crippen molar-refractivity contribution < 1.29 is 22.9 Å². The van der Waals surface area contributed by atoms with Crippen molar-refractivity contribution >= 4 is 28.3 Å². The van der Waals surface area contributed by atoms with Crippen LogP contribution >= 0.6 is 0 Å². The molecule has 5 rings (SSSR count). The SMILES string of the molecule is O=C(NCCCN1CCOCC1)c1ccc2c(c1)N(Cc1ccccc1F)C(=O)c1ccccc1[S@]2=O. The number of ether oxygens (including phenoxy) is 1. The highest BCUT2D eigenvalue weighted by atomic mass is 32.2. The van der Waals surface area contributed by atoms with Gasteiger partial charge in [0.15, 0.2) is 0 Å². The van der Waals surface area contributed by atoms with Gasteiger partial charge in [0, 0.05) is 30.8 Å². The normalized spacial score (nSPS) is 17.6. The van der Waals surface area contributed by atoms with Gasteiger partial charge in [-0.1, -0.05) is 30.3 Å². The molecule has 1 saturated heterocycles. The van der Waals surface area contributed by atoms with Crippen molar-refractivity contribution in [1.82, 2.24) is 10.2 Å². The van der Waals surface area contributed by atoms with Gasteiger partial charge in [0.2, 0.25) is 0 Å². The van der Waals surface area contributed by atoms with Gasteiger partial charge in [0.25, 0.3) is 11.8 Å². The standard InChI is InChI=1S/C28H28FN3O4S/c29-23-8-3-1-6-21(23)19-32-24-18-20(27(33)30-12-5-13-31-14-16-36-17-15-31)10-11-26(24)37(35)25-9-4-2-7-22(25)28(32)34/h1-4,6-11,18H,5,12-17,19H2,(H,30,33)/t37-/m1/s1. The number of rotatable bonds is 7. The van der Waals surface area contributed by atoms with Gasteiger partial charge >= 0.3 is 0 Å². The Bertz CT molecular complexity index is 1340. The van der Waals surface area contributed by atoms with Crippen LogP contribution in [0.2, 0.25) is 0 Å². The molecule has 0 bridgehead atoms. The van der Waals surface area contributed by atoms with E-state index in [0.29, 0.717) is 38.7 Å². The van der Waals surface area contributed by atoms with Crippen LogP contribution in [0.5, 0.6) is 0 Å². The molecule has 2 aliphatic rings. The van der Waals surface area contributed by atoms with Crippen LogP contribution < -0.4 is 10.2 Å². The first-order chi connectivity index (χ1) is 18.0. The van der Waals surface area contributed by atoms with Gasteiger partial charge in [-0.2, -0.15) is 0 Å². The topological polar surface area (TPSA) is 79.0 Å². The average Bonchev–Trinajstić information content (AvgIpc) is 3.02. The highest BCUT2D eigenvalue weighted by Gasteiger charge is 2.32. The fraction of sp³-hybridized carbons (Fsp3) is 0.286. The number of nitrogens with zero attached hydrogens (tertiary/aromatic N) is 2. The lowest BCUT2D eigenvalue weighted by atomic mass is 10.1. The smallest absolute Gasteiger partial charge is 0.259 e. The van der Waals surface area contributed by atoms with Crippen molar-refractivity contribution in [2.45, 2.75) is 22.8 Å². The molecule has 3 aromatic carbocycles. The van der Waals surface area contributed by atoms with Crippen LogP contribution in [0.15, 0.2) is 76.5 Å². The van der Waals surface area contributed by atoms with E-state index in [4.69, 9.17) is 4.74 Å². The third kappa shape index (κ3) is 5.49. The van der Waals surface area contributed by atoms with Crippen molar-refractivity contribution in [2.75, 3.05) is 44.3 Å². The van der Waals surface area contributed by atoms with Crippen molar-refractivity contribution in [3.05, 3.63) is 89.2 Å². The zero-order valence-corrected chi connectivity index (χ0v) is 21.1. The van der Waals surface area contributed by atoms with E-state index in [-0.39, 0.29) is 12.5 Å². The highest BCUT2D eigenvalue weighted by Crippen LogP contribution is 2.36. The molecule has 3 aromatic rings. The molecule has 2 heterocycles. The van der Waals surface area contributed by atoms with Crippen molar-refractivity contribution in [2.24, 2.45) is 0 Å². The summed E-state index contributed by atoms with van der Waals surface area (Å²) in [7, 11) is -1.65. The van der Waals surface area contributed by atoms with E-state index in [1.807, 2.05) is 0 Å². The van der Waals surface area contributed by atoms with E-state index in [1.165, 1.54) is 11.0 Å². The van der Waals surface area contributed by atoms with Crippen molar-refractivity contribution in [3.8, 4) is 0 Å². The predicted molar refractivity (Wildman–Crippen MR) is 139 cm³/mol. The summed E-state index contributed by atoms with van der Waals surface area (Å²) in [6, 6.07) is 17.8. The molecule has 37 heavy (non-hydrogen) atoms. The molecule has 0 spiro atoms. The van der Waals surface area contributed by atoms with Gasteiger partial charge < -0.3 is 15.0 Å². The van der Waals surface area contributed by atoms with Gasteiger partial charge in [0.1, 0.15) is 5.82 Å². The van der Waals surface area contributed by atoms with Crippen LogP contribution in [0, 0.1) is 5.82 Å². The number of hydrogen-bond acceptors (Lipinski definition) is 5. The number of carbonyl (C=O) groups excluding carboxylic acids is 2. The molecule has 9 heteroatoms. The molecular weight excluding hydrogens is 493 g/mol. The van der Waals surface area contributed by atoms with E-state index in [1.54, 1.807) is 60.7 Å². The van der Waals surface area contributed by atoms with E-state index in [2.05, 4.69) is 10.2 Å². The number of benzene rings is 3. The van der Waals surface area contributed by atoms with Crippen LogP contribution in [0.4, 0.5) is 10.1 Å². The minimum absolute atomic E-state index is 0.0609. The number of carbonyl (C=O) groups is 2. The monoisotopic (exact) mass is 521 g/mol. The zero-order chi connectivity index (χ0) is 25.8. The third-order valence-electron chi connectivity index (χ3n) is 6.60. The van der Waals surface area contributed by atoms with Gasteiger partial charge in [0.05, 0.1) is 51.6 Å². The first-order valence-electron chi connectivity index (χ1n) is 12.3. The number of morpholine rings is 1. The number of fused-ring (bicyclic) bond motifs is 2. The number of halogens is 1. The Hall–Kier alpha value is -3.40. The molecule has 2 aliphatic heterocycles. The molecule has 1 atom stereocenters. The quantitative estimate of drug-likeness (QED) is 0.481. The molecule has 0 aromatic heterocycles. The predicted octanol–water partition coefficient (Wildman–Crippen LogP) is 3.60. The maximum Gasteiger partial charge on any atom is 0.259 e. The Morgan fingerprint density at radius 1 is 1.00 bits per heavy atom. The minimum atomic E-state index is -1.65. The number of amides is 2. The van der Waals surface area contributed by atoms with Gasteiger partial charge in [-0.25, -0.2) is 8.60 Å². The lowest BCUT2D eigenvalue weighted by Crippen LogP contribution is -2.38. The maximum atomic E-state index is 14.6. The lowest BCUT2D eigenvalue weighted by molar-refractivity contribution is 0.0374. The Morgan fingerprint density at radius 3 is 2.57 bits per heavy atom. The summed E-state index contributed by atoms with van der Waals surface area (Å²) in [5.41, 5.74) is 1.30. The summed E-state index contributed by atoms with van der Waals surface area (Å²) in [4.78, 5) is 31.1. The van der Waals surface area contributed by atoms with Crippen LogP contribution in [0.25, 0.3) is 0 Å². The summed E-state index contributed by atoms with van der Waals surface area (Å²) in [5.74, 6) is -1.12. The molecule has 1 N–H and O–H groups in total. The first-order valence-corrected chi connectivity index (χ1v) is 13.5. The Balaban J connectivity index is 1.41. The van der Waals surface area contributed by atoms with Crippen LogP contribution in [0.3, 0.4) is 0 Å². The average molecular weight is 522 g/mol. The van der Waals surface area contributed by atoms with Gasteiger partial charge in [-0.15, -0.1) is 0 Å². The van der Waals surface area contributed by atoms with Crippen LogP contribution in [0.1, 0.15) is 32.7 Å². The fourth-order valence-electron chi connectivity index (χ4n) is 4.59. The number of anilines is 1. The molecule has 0 radical (unpaired) electrons. The Labute approximate surface area is 217 Å². The summed E-state index contributed by atoms with van der Waals surface area (Å²) < 4.78 is 33.5. The van der Waals surface area contributed by atoms with E-state index < -0.39 is 22.5 Å². The Kier molecular flexibility index (Phi) is 7.73. The molecule has 0 aliphatic carbocycles. The van der Waals surface area contributed by atoms with Gasteiger partial charge in [-0.3, -0.25) is 14.5 Å². The molecule has 0 saturated carbocycles. The van der Waals surface area contributed by atoms with Crippen LogP contribution in [-0.4, -0.2) is 60.3 Å². The largest absolute Gasteiger partial charge is 0.379 e. The van der Waals surface area contributed by atoms with E-state index in [9.17, 15) is 18.2 Å². The molecule has 192 valence electrons. The summed E-state index contributed by atoms with van der Waals surface area (Å²) in [6.45, 7) is 4.56. The highest BCUT2D eigenvalue weighted by molar-refractivity contribution is 7.85. The van der Waals surface area contributed by atoms with Gasteiger partial charge in [-0.05, 0) is 49.4 Å². The fourth-order valence-corrected chi connectivity index (χ4v) is 5.93. The van der Waals surface area contributed by atoms with Crippen LogP contribution in [-0.2, 0) is 22.1 Å². The first kappa shape index (κ1) is 25.3. The second-order valence-electron chi connectivity index (χ2n) is 8.99. The van der Waals surface area contributed by atoms with E-state index in [0.717, 1.165) is 39.3 Å². The summed E-state index contributed by atoms with van der Waals surface area (Å²) >= 11 is 0. The second-order valence-corrected chi connectivity index (χ2v) is 10.4. The second kappa shape index (κ2) is 11.3. The van der Waals surface area contributed by atoms with Crippen molar-refractivity contribution in [1.29, 1.82) is 0 Å². The zero-order valence-electron chi connectivity index (χ0n) is 20.3. The number of nitrogens with one attached hydrogen (secondary N) is 1. The third-order valence-corrected chi connectivity index (χ3v) is 8.10. The van der Waals surface area contributed by atoms with E-state index >= 15 is 0 Å².